The molecule has 6 heteroatoms. The minimum atomic E-state index is -0.866. The monoisotopic (exact) mass is 229 g/mol. The van der Waals surface area contributed by atoms with Crippen molar-refractivity contribution in [3.63, 3.8) is 0 Å². The minimum Gasteiger partial charge on any atom is -0.481 e. The van der Waals surface area contributed by atoms with Gasteiger partial charge in [0.05, 0.1) is 5.92 Å². The van der Waals surface area contributed by atoms with Gasteiger partial charge >= 0.3 is 12.0 Å². The van der Waals surface area contributed by atoms with E-state index in [1.807, 2.05) is 6.92 Å². The summed E-state index contributed by atoms with van der Waals surface area (Å²) in [6.07, 6.45) is 1.53. The number of carbonyl (C=O) groups is 2. The predicted molar refractivity (Wildman–Crippen MR) is 59.0 cm³/mol. The van der Waals surface area contributed by atoms with Gasteiger partial charge in [-0.1, -0.05) is 6.92 Å². The summed E-state index contributed by atoms with van der Waals surface area (Å²) in [6, 6.07) is -0.517. The number of urea groups is 1. The molecule has 0 saturated carbocycles. The molecule has 2 atom stereocenters. The maximum absolute atomic E-state index is 11.1. The van der Waals surface area contributed by atoms with Crippen molar-refractivity contribution in [2.24, 2.45) is 11.7 Å². The van der Waals surface area contributed by atoms with Crippen molar-refractivity contribution in [3.05, 3.63) is 0 Å². The molecule has 1 fully saturated rings. The van der Waals surface area contributed by atoms with E-state index in [1.54, 1.807) is 0 Å². The Labute approximate surface area is 94.8 Å². The van der Waals surface area contributed by atoms with Gasteiger partial charge < -0.3 is 21.1 Å². The zero-order chi connectivity index (χ0) is 12.1. The number of rotatable bonds is 4. The lowest BCUT2D eigenvalue weighted by atomic mass is 9.94. The Morgan fingerprint density at radius 3 is 2.69 bits per heavy atom. The van der Waals surface area contributed by atoms with E-state index in [0.717, 1.165) is 13.0 Å². The van der Waals surface area contributed by atoms with Crippen molar-refractivity contribution < 1.29 is 14.7 Å². The normalized spacial score (nSPS) is 25.4. The van der Waals surface area contributed by atoms with Gasteiger partial charge in [-0.2, -0.15) is 0 Å². The maximum Gasteiger partial charge on any atom is 0.314 e. The lowest BCUT2D eigenvalue weighted by Crippen LogP contribution is -2.54. The first kappa shape index (κ1) is 12.8. The first-order valence-corrected chi connectivity index (χ1v) is 5.55. The topological polar surface area (TPSA) is 95.7 Å². The molecule has 1 saturated heterocycles. The van der Waals surface area contributed by atoms with E-state index in [1.165, 1.54) is 4.90 Å². The molecule has 4 N–H and O–H groups in total. The molecule has 16 heavy (non-hydrogen) atoms. The SMILES string of the molecule is CCCNC1CC(C(=O)O)CN(C(N)=O)C1. The van der Waals surface area contributed by atoms with Crippen LogP contribution in [0.2, 0.25) is 0 Å². The molecule has 1 aliphatic heterocycles. The van der Waals surface area contributed by atoms with Gasteiger partial charge in [0.2, 0.25) is 0 Å². The zero-order valence-electron chi connectivity index (χ0n) is 9.48. The summed E-state index contributed by atoms with van der Waals surface area (Å²) < 4.78 is 0. The highest BCUT2D eigenvalue weighted by Gasteiger charge is 2.32. The van der Waals surface area contributed by atoms with Gasteiger partial charge in [-0.3, -0.25) is 4.79 Å². The van der Waals surface area contributed by atoms with E-state index in [4.69, 9.17) is 10.8 Å². The van der Waals surface area contributed by atoms with Crippen molar-refractivity contribution in [1.29, 1.82) is 0 Å². The molecule has 0 bridgehead atoms. The second-order valence-corrected chi connectivity index (χ2v) is 4.17. The van der Waals surface area contributed by atoms with Gasteiger partial charge in [0, 0.05) is 19.1 Å². The van der Waals surface area contributed by atoms with Crippen LogP contribution in [0.3, 0.4) is 0 Å². The number of nitrogens with one attached hydrogen (secondary N) is 1. The fourth-order valence-corrected chi connectivity index (χ4v) is 1.95. The van der Waals surface area contributed by atoms with Gasteiger partial charge in [0.15, 0.2) is 0 Å². The van der Waals surface area contributed by atoms with Crippen LogP contribution in [0.4, 0.5) is 4.79 Å². The molecule has 92 valence electrons. The number of likely N-dealkylation sites (tertiary alicyclic amines) is 1. The van der Waals surface area contributed by atoms with Gasteiger partial charge in [0.1, 0.15) is 0 Å². The number of piperidine rings is 1. The van der Waals surface area contributed by atoms with Gasteiger partial charge in [-0.15, -0.1) is 0 Å². The van der Waals surface area contributed by atoms with E-state index < -0.39 is 17.9 Å². The fraction of sp³-hybridized carbons (Fsp3) is 0.800. The number of hydrogen-bond donors (Lipinski definition) is 3. The number of nitrogens with two attached hydrogens (primary N) is 1. The Bertz CT molecular complexity index is 248. The average Bonchev–Trinajstić information content (AvgIpc) is 2.25. The second kappa shape index (κ2) is 5.69. The Morgan fingerprint density at radius 2 is 2.19 bits per heavy atom. The molecule has 2 amide bonds. The summed E-state index contributed by atoms with van der Waals surface area (Å²) in [6.45, 7) is 3.58. The highest BCUT2D eigenvalue weighted by Crippen LogP contribution is 2.17. The second-order valence-electron chi connectivity index (χ2n) is 4.17. The molecule has 1 aliphatic rings. The Kier molecular flexibility index (Phi) is 4.54. The molecule has 0 aromatic heterocycles. The molecular formula is C10H19N3O3. The van der Waals surface area contributed by atoms with Crippen LogP contribution in [0, 0.1) is 5.92 Å². The van der Waals surface area contributed by atoms with Crippen LogP contribution < -0.4 is 11.1 Å². The average molecular weight is 229 g/mol. The van der Waals surface area contributed by atoms with Crippen LogP contribution >= 0.6 is 0 Å². The number of aliphatic carboxylic acids is 1. The Hall–Kier alpha value is -1.30. The van der Waals surface area contributed by atoms with E-state index in [2.05, 4.69) is 5.32 Å². The largest absolute Gasteiger partial charge is 0.481 e. The van der Waals surface area contributed by atoms with Crippen molar-refractivity contribution in [2.75, 3.05) is 19.6 Å². The van der Waals surface area contributed by atoms with Crippen LogP contribution in [0.25, 0.3) is 0 Å². The molecule has 0 aliphatic carbocycles. The summed E-state index contributed by atoms with van der Waals surface area (Å²) in [7, 11) is 0. The summed E-state index contributed by atoms with van der Waals surface area (Å²) in [5, 5.41) is 12.2. The van der Waals surface area contributed by atoms with Crippen LogP contribution in [0.15, 0.2) is 0 Å². The molecule has 0 aromatic carbocycles. The third kappa shape index (κ3) is 3.37. The number of carbonyl (C=O) groups excluding carboxylic acids is 1. The molecule has 6 nitrogen and oxygen atoms in total. The zero-order valence-corrected chi connectivity index (χ0v) is 9.48. The van der Waals surface area contributed by atoms with E-state index in [-0.39, 0.29) is 12.6 Å². The third-order valence-corrected chi connectivity index (χ3v) is 2.79. The molecular weight excluding hydrogens is 210 g/mol. The van der Waals surface area contributed by atoms with Crippen LogP contribution in [0.1, 0.15) is 19.8 Å². The fourth-order valence-electron chi connectivity index (χ4n) is 1.95. The highest BCUT2D eigenvalue weighted by molar-refractivity contribution is 5.75. The Balaban J connectivity index is 2.59. The summed E-state index contributed by atoms with van der Waals surface area (Å²) in [4.78, 5) is 23.4. The van der Waals surface area contributed by atoms with Crippen molar-refractivity contribution in [1.82, 2.24) is 10.2 Å². The number of hydrogen-bond acceptors (Lipinski definition) is 3. The predicted octanol–water partition coefficient (Wildman–Crippen LogP) is -0.160. The van der Waals surface area contributed by atoms with Gasteiger partial charge in [0.25, 0.3) is 0 Å². The van der Waals surface area contributed by atoms with E-state index >= 15 is 0 Å². The summed E-state index contributed by atoms with van der Waals surface area (Å²) in [5.41, 5.74) is 5.19. The summed E-state index contributed by atoms with van der Waals surface area (Å²) in [5.74, 6) is -1.38. The lowest BCUT2D eigenvalue weighted by molar-refractivity contribution is -0.143. The number of amides is 2. The highest BCUT2D eigenvalue weighted by atomic mass is 16.4. The number of carboxylic acid groups (broad SMARTS) is 1. The molecule has 0 spiro atoms. The summed E-state index contributed by atoms with van der Waals surface area (Å²) >= 11 is 0. The molecule has 0 aromatic rings. The van der Waals surface area contributed by atoms with E-state index in [9.17, 15) is 9.59 Å². The van der Waals surface area contributed by atoms with Gasteiger partial charge in [-0.05, 0) is 19.4 Å². The van der Waals surface area contributed by atoms with Crippen LogP contribution in [-0.2, 0) is 4.79 Å². The van der Waals surface area contributed by atoms with Crippen molar-refractivity contribution in [3.8, 4) is 0 Å². The molecule has 2 unspecified atom stereocenters. The molecule has 1 rings (SSSR count). The first-order chi connectivity index (χ1) is 7.54. The maximum atomic E-state index is 11.1. The van der Waals surface area contributed by atoms with Crippen LogP contribution in [0.5, 0.6) is 0 Å². The number of carboxylic acids is 1. The molecule has 0 radical (unpaired) electrons. The quantitative estimate of drug-likeness (QED) is 0.624. The van der Waals surface area contributed by atoms with E-state index in [0.29, 0.717) is 13.0 Å². The molecule has 1 heterocycles. The smallest absolute Gasteiger partial charge is 0.314 e. The minimum absolute atomic E-state index is 0.0299. The lowest BCUT2D eigenvalue weighted by Gasteiger charge is -2.35. The number of primary amides is 1. The third-order valence-electron chi connectivity index (χ3n) is 2.79. The van der Waals surface area contributed by atoms with Gasteiger partial charge in [-0.25, -0.2) is 4.79 Å². The first-order valence-electron chi connectivity index (χ1n) is 5.55. The van der Waals surface area contributed by atoms with Crippen LogP contribution in [-0.4, -0.2) is 47.7 Å². The Morgan fingerprint density at radius 1 is 1.50 bits per heavy atom. The number of nitrogens with zero attached hydrogens (tertiary/aromatic N) is 1. The van der Waals surface area contributed by atoms with Crippen molar-refractivity contribution in [2.45, 2.75) is 25.8 Å². The standard InChI is InChI=1S/C10H19N3O3/c1-2-3-12-8-4-7(9(14)15)5-13(6-8)10(11)16/h7-8,12H,2-6H2,1H3,(H2,11,16)(H,14,15). The van der Waals surface area contributed by atoms with Crippen molar-refractivity contribution >= 4 is 12.0 Å².